The number of aliphatic imine (C=N–C) groups is 1. The molecule has 162 valence electrons. The summed E-state index contributed by atoms with van der Waals surface area (Å²) in [7, 11) is 0. The van der Waals surface area contributed by atoms with Crippen molar-refractivity contribution in [3.05, 3.63) is 29.8 Å². The lowest BCUT2D eigenvalue weighted by Gasteiger charge is -2.20. The number of hydrogen-bond acceptors (Lipinski definition) is 3. The van der Waals surface area contributed by atoms with Gasteiger partial charge in [0.1, 0.15) is 0 Å². The third kappa shape index (κ3) is 8.59. The Morgan fingerprint density at radius 2 is 1.93 bits per heavy atom. The minimum atomic E-state index is -0.0701. The molecule has 2 amide bonds. The summed E-state index contributed by atoms with van der Waals surface area (Å²) in [6.07, 6.45) is 1.76. The molecule has 1 fully saturated rings. The summed E-state index contributed by atoms with van der Waals surface area (Å²) in [4.78, 5) is 29.8. The summed E-state index contributed by atoms with van der Waals surface area (Å²) in [6, 6.07) is 8.06. The van der Waals surface area contributed by atoms with Crippen molar-refractivity contribution in [1.82, 2.24) is 15.5 Å². The highest BCUT2D eigenvalue weighted by atomic mass is 127. The largest absolute Gasteiger partial charge is 0.357 e. The second-order valence-corrected chi connectivity index (χ2v) is 7.46. The van der Waals surface area contributed by atoms with Crippen LogP contribution in [0.25, 0.3) is 0 Å². The van der Waals surface area contributed by atoms with Gasteiger partial charge in [-0.25, -0.2) is 0 Å². The quantitative estimate of drug-likeness (QED) is 0.296. The predicted octanol–water partition coefficient (Wildman–Crippen LogP) is 2.62. The molecule has 1 aromatic carbocycles. The smallest absolute Gasteiger partial charge is 0.225 e. The maximum Gasteiger partial charge on any atom is 0.225 e. The second kappa shape index (κ2) is 12.7. The summed E-state index contributed by atoms with van der Waals surface area (Å²) in [5.41, 5.74) is 1.97. The Hall–Kier alpha value is -1.84. The first-order chi connectivity index (χ1) is 13.4. The Balaban J connectivity index is 0.00000420. The van der Waals surface area contributed by atoms with Crippen molar-refractivity contribution >= 4 is 47.4 Å². The van der Waals surface area contributed by atoms with Crippen LogP contribution < -0.4 is 16.0 Å². The van der Waals surface area contributed by atoms with Crippen LogP contribution in [0.2, 0.25) is 0 Å². The monoisotopic (exact) mass is 515 g/mol. The van der Waals surface area contributed by atoms with E-state index in [4.69, 9.17) is 0 Å². The molecular weight excluding hydrogens is 481 g/mol. The number of carbonyl (C=O) groups is 2. The van der Waals surface area contributed by atoms with Gasteiger partial charge in [0.15, 0.2) is 5.96 Å². The zero-order chi connectivity index (χ0) is 20.5. The van der Waals surface area contributed by atoms with E-state index >= 15 is 0 Å². The molecular formula is C21H34IN5O2. The van der Waals surface area contributed by atoms with Crippen LogP contribution in [0, 0.1) is 5.92 Å². The minimum absolute atomic E-state index is 0. The fourth-order valence-electron chi connectivity index (χ4n) is 3.21. The summed E-state index contributed by atoms with van der Waals surface area (Å²) in [5.74, 6) is 0.979. The highest BCUT2D eigenvalue weighted by molar-refractivity contribution is 14.0. The van der Waals surface area contributed by atoms with Crippen molar-refractivity contribution in [2.75, 3.05) is 31.5 Å². The van der Waals surface area contributed by atoms with Crippen LogP contribution in [0.4, 0.5) is 5.69 Å². The number of anilines is 1. The summed E-state index contributed by atoms with van der Waals surface area (Å²) in [6.45, 7) is 10.4. The Bertz CT molecular complexity index is 691. The van der Waals surface area contributed by atoms with E-state index in [0.717, 1.165) is 44.1 Å². The third-order valence-electron chi connectivity index (χ3n) is 4.62. The molecule has 3 N–H and O–H groups in total. The van der Waals surface area contributed by atoms with Gasteiger partial charge in [0, 0.05) is 50.7 Å². The van der Waals surface area contributed by atoms with Gasteiger partial charge in [-0.05, 0) is 37.5 Å². The van der Waals surface area contributed by atoms with Gasteiger partial charge in [-0.1, -0.05) is 26.0 Å². The maximum absolute atomic E-state index is 12.1. The van der Waals surface area contributed by atoms with Crippen LogP contribution >= 0.6 is 24.0 Å². The highest BCUT2D eigenvalue weighted by Gasteiger charge is 2.27. The molecule has 1 aliphatic heterocycles. The molecule has 2 rings (SSSR count). The molecule has 0 aliphatic carbocycles. The van der Waals surface area contributed by atoms with E-state index in [0.29, 0.717) is 6.54 Å². The predicted molar refractivity (Wildman–Crippen MR) is 129 cm³/mol. The number of carbonyl (C=O) groups excluding carboxylic acids is 2. The van der Waals surface area contributed by atoms with Crippen LogP contribution in [0.15, 0.2) is 29.3 Å². The number of likely N-dealkylation sites (tertiary alicyclic amines) is 1. The molecule has 1 saturated heterocycles. The summed E-state index contributed by atoms with van der Waals surface area (Å²) >= 11 is 0. The lowest BCUT2D eigenvalue weighted by Crippen LogP contribution is -2.45. The lowest BCUT2D eigenvalue weighted by atomic mass is 10.1. The van der Waals surface area contributed by atoms with Gasteiger partial charge < -0.3 is 20.9 Å². The zero-order valence-electron chi connectivity index (χ0n) is 17.8. The van der Waals surface area contributed by atoms with Crippen molar-refractivity contribution in [1.29, 1.82) is 0 Å². The molecule has 0 saturated carbocycles. The number of amides is 2. The minimum Gasteiger partial charge on any atom is -0.357 e. The fourth-order valence-corrected chi connectivity index (χ4v) is 3.21. The molecule has 1 unspecified atom stereocenters. The topological polar surface area (TPSA) is 85.8 Å². The van der Waals surface area contributed by atoms with E-state index in [1.165, 1.54) is 12.5 Å². The second-order valence-electron chi connectivity index (χ2n) is 7.46. The molecule has 0 aromatic heterocycles. The van der Waals surface area contributed by atoms with Crippen LogP contribution in [0.3, 0.4) is 0 Å². The number of benzene rings is 1. The number of nitrogens with zero attached hydrogens (tertiary/aromatic N) is 2. The normalized spacial score (nSPS) is 16.4. The number of guanidine groups is 1. The van der Waals surface area contributed by atoms with Crippen LogP contribution in [-0.4, -0.2) is 54.9 Å². The van der Waals surface area contributed by atoms with Crippen molar-refractivity contribution in [2.24, 2.45) is 10.9 Å². The van der Waals surface area contributed by atoms with Crippen LogP contribution in [0.5, 0.6) is 0 Å². The summed E-state index contributed by atoms with van der Waals surface area (Å²) in [5, 5.41) is 9.50. The number of rotatable bonds is 7. The first kappa shape index (κ1) is 25.2. The average Bonchev–Trinajstić information content (AvgIpc) is 3.10. The van der Waals surface area contributed by atoms with E-state index in [2.05, 4.69) is 20.9 Å². The van der Waals surface area contributed by atoms with Crippen molar-refractivity contribution in [3.63, 3.8) is 0 Å². The fraction of sp³-hybridized carbons (Fsp3) is 0.571. The number of halogens is 1. The SMILES string of the molecule is CCNC(=NCCc1ccc(NC(C)=O)cc1)NC1CCN(C(=O)C(C)C)C1.I. The molecule has 29 heavy (non-hydrogen) atoms. The van der Waals surface area contributed by atoms with Gasteiger partial charge in [0.2, 0.25) is 11.8 Å². The van der Waals surface area contributed by atoms with Crippen molar-refractivity contribution < 1.29 is 9.59 Å². The standard InChI is InChI=1S/C21H33N5O2.HI/c1-5-22-21(25-19-11-13-26(14-19)20(28)15(2)3)23-12-10-17-6-8-18(9-7-17)24-16(4)27;/h6-9,15,19H,5,10-14H2,1-4H3,(H,24,27)(H2,22,23,25);1H. The Morgan fingerprint density at radius 3 is 2.52 bits per heavy atom. The van der Waals surface area contributed by atoms with Gasteiger partial charge in [0.05, 0.1) is 0 Å². The summed E-state index contributed by atoms with van der Waals surface area (Å²) < 4.78 is 0. The molecule has 1 atom stereocenters. The molecule has 0 radical (unpaired) electrons. The molecule has 7 nitrogen and oxygen atoms in total. The number of nitrogens with one attached hydrogen (secondary N) is 3. The molecule has 1 aromatic rings. The van der Waals surface area contributed by atoms with E-state index in [1.807, 2.05) is 49.9 Å². The van der Waals surface area contributed by atoms with Gasteiger partial charge in [0.25, 0.3) is 0 Å². The van der Waals surface area contributed by atoms with Gasteiger partial charge >= 0.3 is 0 Å². The first-order valence-corrected chi connectivity index (χ1v) is 10.1. The van der Waals surface area contributed by atoms with Crippen LogP contribution in [-0.2, 0) is 16.0 Å². The molecule has 1 aliphatic rings. The van der Waals surface area contributed by atoms with Crippen molar-refractivity contribution in [2.45, 2.75) is 46.6 Å². The van der Waals surface area contributed by atoms with E-state index in [9.17, 15) is 9.59 Å². The molecule has 0 bridgehead atoms. The van der Waals surface area contributed by atoms with E-state index in [-0.39, 0.29) is 47.8 Å². The first-order valence-electron chi connectivity index (χ1n) is 10.1. The third-order valence-corrected chi connectivity index (χ3v) is 4.62. The Morgan fingerprint density at radius 1 is 1.24 bits per heavy atom. The van der Waals surface area contributed by atoms with E-state index in [1.54, 1.807) is 0 Å². The Labute approximate surface area is 191 Å². The number of hydrogen-bond donors (Lipinski definition) is 3. The maximum atomic E-state index is 12.1. The van der Waals surface area contributed by atoms with Crippen LogP contribution in [0.1, 0.15) is 39.7 Å². The van der Waals surface area contributed by atoms with Gasteiger partial charge in [-0.2, -0.15) is 0 Å². The van der Waals surface area contributed by atoms with Gasteiger partial charge in [-0.15, -0.1) is 24.0 Å². The zero-order valence-corrected chi connectivity index (χ0v) is 20.2. The van der Waals surface area contributed by atoms with Gasteiger partial charge in [-0.3, -0.25) is 14.6 Å². The average molecular weight is 515 g/mol. The molecule has 0 spiro atoms. The Kier molecular flexibility index (Phi) is 11.0. The van der Waals surface area contributed by atoms with E-state index < -0.39 is 0 Å². The molecule has 8 heteroatoms. The lowest BCUT2D eigenvalue weighted by molar-refractivity contribution is -0.133. The molecule has 1 heterocycles. The van der Waals surface area contributed by atoms with Crippen molar-refractivity contribution in [3.8, 4) is 0 Å². The highest BCUT2D eigenvalue weighted by Crippen LogP contribution is 2.13.